The van der Waals surface area contributed by atoms with Crippen LogP contribution in [-0.4, -0.2) is 45.5 Å². The van der Waals surface area contributed by atoms with Gasteiger partial charge < -0.3 is 23.4 Å². The molecule has 6 rings (SSSR count). The number of rotatable bonds is 4. The van der Waals surface area contributed by atoms with Gasteiger partial charge in [-0.2, -0.15) is 13.2 Å². The number of aryl methyl sites for hydroxylation is 1. The van der Waals surface area contributed by atoms with Crippen molar-refractivity contribution in [1.29, 1.82) is 0 Å². The summed E-state index contributed by atoms with van der Waals surface area (Å²) >= 11 is 0. The zero-order valence-corrected chi connectivity index (χ0v) is 21.2. The number of fused-ring (bicyclic) bond motifs is 3. The molecule has 0 saturated heterocycles. The van der Waals surface area contributed by atoms with Gasteiger partial charge in [-0.1, -0.05) is 24.3 Å². The van der Waals surface area contributed by atoms with Gasteiger partial charge in [-0.05, 0) is 31.0 Å². The fourth-order valence-corrected chi connectivity index (χ4v) is 5.31. The molecule has 202 valence electrons. The largest absolute Gasteiger partial charge is 0.496 e. The number of oxazole rings is 1. The summed E-state index contributed by atoms with van der Waals surface area (Å²) in [5.41, 5.74) is 0.303. The zero-order chi connectivity index (χ0) is 27.4. The molecule has 0 saturated carbocycles. The van der Waals surface area contributed by atoms with Gasteiger partial charge in [-0.15, -0.1) is 10.2 Å². The number of amides is 1. The van der Waals surface area contributed by atoms with E-state index in [9.17, 15) is 18.0 Å². The Morgan fingerprint density at radius 2 is 1.97 bits per heavy atom. The Hall–Kier alpha value is -4.19. The molecule has 2 aliphatic heterocycles. The lowest BCUT2D eigenvalue weighted by molar-refractivity contribution is -0.157. The van der Waals surface area contributed by atoms with Crippen molar-refractivity contribution < 1.29 is 31.9 Å². The number of alkyl halides is 3. The smallest absolute Gasteiger partial charge is 0.406 e. The van der Waals surface area contributed by atoms with Crippen molar-refractivity contribution in [3.63, 3.8) is 0 Å². The van der Waals surface area contributed by atoms with Gasteiger partial charge in [-0.3, -0.25) is 4.79 Å². The van der Waals surface area contributed by atoms with Crippen LogP contribution in [0.25, 0.3) is 22.7 Å². The first-order valence-electron chi connectivity index (χ1n) is 12.4. The molecule has 0 bridgehead atoms. The lowest BCUT2D eigenvalue weighted by Crippen LogP contribution is -2.53. The second-order valence-corrected chi connectivity index (χ2v) is 9.51. The third-order valence-corrected chi connectivity index (χ3v) is 7.05. The van der Waals surface area contributed by atoms with Crippen LogP contribution in [-0.2, 0) is 28.3 Å². The molecule has 39 heavy (non-hydrogen) atoms. The molecule has 0 aliphatic carbocycles. The first kappa shape index (κ1) is 25.1. The van der Waals surface area contributed by atoms with Gasteiger partial charge in [0, 0.05) is 30.3 Å². The minimum Gasteiger partial charge on any atom is -0.496 e. The van der Waals surface area contributed by atoms with Gasteiger partial charge in [0.2, 0.25) is 5.60 Å². The highest BCUT2D eigenvalue weighted by Gasteiger charge is 2.53. The summed E-state index contributed by atoms with van der Waals surface area (Å²) < 4.78 is 60.1. The van der Waals surface area contributed by atoms with E-state index in [1.165, 1.54) is 13.2 Å². The summed E-state index contributed by atoms with van der Waals surface area (Å²) in [7, 11) is 1.53. The van der Waals surface area contributed by atoms with Crippen LogP contribution in [0.2, 0.25) is 0 Å². The average molecular weight is 540 g/mol. The van der Waals surface area contributed by atoms with E-state index in [2.05, 4.69) is 15.2 Å². The fourth-order valence-electron chi connectivity index (χ4n) is 5.31. The Morgan fingerprint density at radius 1 is 1.15 bits per heavy atom. The van der Waals surface area contributed by atoms with Gasteiger partial charge in [0.05, 0.1) is 25.5 Å². The summed E-state index contributed by atoms with van der Waals surface area (Å²) in [6.07, 6.45) is -2.34. The molecule has 4 aromatic rings. The number of hydrogen-bond donors (Lipinski definition) is 0. The van der Waals surface area contributed by atoms with Crippen LogP contribution in [0, 0.1) is 6.92 Å². The zero-order valence-electron chi connectivity index (χ0n) is 21.2. The molecular weight excluding hydrogens is 515 g/mol. The van der Waals surface area contributed by atoms with E-state index in [0.29, 0.717) is 52.9 Å². The maximum Gasteiger partial charge on any atom is 0.406 e. The second kappa shape index (κ2) is 9.23. The van der Waals surface area contributed by atoms with Gasteiger partial charge in [0.15, 0.2) is 23.3 Å². The standard InChI is InChI=1S/C27H24F3N5O4/c1-16-31-13-22(39-16)19-9-8-17(12-21(19)37-2)23-32-33-24-26(10-5-11-34(23)24)25(36)35(15-27(28,29)30)20-7-4-3-6-18(20)14-38-26/h3-4,6-9,12-13H,5,10-11,14-15H2,1-2H3. The Kier molecular flexibility index (Phi) is 5.94. The number of halogens is 3. The van der Waals surface area contributed by atoms with Gasteiger partial charge >= 0.3 is 6.18 Å². The van der Waals surface area contributed by atoms with Crippen molar-refractivity contribution >= 4 is 11.6 Å². The van der Waals surface area contributed by atoms with E-state index in [-0.39, 0.29) is 24.5 Å². The van der Waals surface area contributed by atoms with Crippen LogP contribution in [0.3, 0.4) is 0 Å². The SMILES string of the molecule is COc1cc(-c2nnc3n2CCCC32OCc3ccccc3N(CC(F)(F)F)C2=O)ccc1-c1cnc(C)o1. The van der Waals surface area contributed by atoms with Crippen LogP contribution < -0.4 is 9.64 Å². The van der Waals surface area contributed by atoms with Gasteiger partial charge in [0.1, 0.15) is 12.3 Å². The molecule has 1 amide bonds. The molecule has 2 aromatic heterocycles. The molecule has 0 radical (unpaired) electrons. The van der Waals surface area contributed by atoms with Crippen molar-refractivity contribution in [2.75, 3.05) is 18.6 Å². The normalized spacial score (nSPS) is 19.1. The van der Waals surface area contributed by atoms with Crippen molar-refractivity contribution in [2.45, 2.75) is 44.7 Å². The van der Waals surface area contributed by atoms with E-state index in [0.717, 1.165) is 4.90 Å². The van der Waals surface area contributed by atoms with Crippen LogP contribution in [0.5, 0.6) is 5.75 Å². The van der Waals surface area contributed by atoms with E-state index < -0.39 is 24.2 Å². The highest BCUT2D eigenvalue weighted by Crippen LogP contribution is 2.44. The number of hydrogen-bond acceptors (Lipinski definition) is 7. The summed E-state index contributed by atoms with van der Waals surface area (Å²) in [5.74, 6) is 1.40. The highest BCUT2D eigenvalue weighted by atomic mass is 19.4. The molecule has 1 spiro atoms. The van der Waals surface area contributed by atoms with E-state index >= 15 is 0 Å². The number of nitrogens with zero attached hydrogens (tertiary/aromatic N) is 5. The summed E-state index contributed by atoms with van der Waals surface area (Å²) in [6.45, 7) is 0.730. The summed E-state index contributed by atoms with van der Waals surface area (Å²) in [4.78, 5) is 18.9. The second-order valence-electron chi connectivity index (χ2n) is 9.51. The topological polar surface area (TPSA) is 95.5 Å². The highest BCUT2D eigenvalue weighted by molar-refractivity contribution is 6.01. The van der Waals surface area contributed by atoms with Crippen molar-refractivity contribution in [1.82, 2.24) is 19.7 Å². The van der Waals surface area contributed by atoms with Crippen LogP contribution in [0.4, 0.5) is 18.9 Å². The number of benzene rings is 2. The maximum atomic E-state index is 14.0. The number of para-hydroxylation sites is 1. The lowest BCUT2D eigenvalue weighted by atomic mass is 9.91. The fraction of sp³-hybridized carbons (Fsp3) is 0.333. The summed E-state index contributed by atoms with van der Waals surface area (Å²) in [5, 5.41) is 8.69. The number of carbonyl (C=O) groups is 1. The Bertz CT molecular complexity index is 1560. The summed E-state index contributed by atoms with van der Waals surface area (Å²) in [6, 6.07) is 11.9. The third kappa shape index (κ3) is 4.24. The quantitative estimate of drug-likeness (QED) is 0.359. The minimum absolute atomic E-state index is 0.0441. The molecular formula is C27H24F3N5O4. The van der Waals surface area contributed by atoms with Gasteiger partial charge in [-0.25, -0.2) is 4.98 Å². The van der Waals surface area contributed by atoms with E-state index in [1.54, 1.807) is 42.0 Å². The number of anilines is 1. The molecule has 2 aliphatic rings. The monoisotopic (exact) mass is 539 g/mol. The average Bonchev–Trinajstić information content (AvgIpc) is 3.54. The number of ether oxygens (including phenoxy) is 2. The lowest BCUT2D eigenvalue weighted by Gasteiger charge is -2.37. The van der Waals surface area contributed by atoms with Crippen molar-refractivity contribution in [3.05, 3.63) is 65.9 Å². The number of aromatic nitrogens is 4. The first-order valence-corrected chi connectivity index (χ1v) is 12.4. The first-order chi connectivity index (χ1) is 18.7. The molecule has 0 fully saturated rings. The van der Waals surface area contributed by atoms with Crippen LogP contribution >= 0.6 is 0 Å². The molecule has 4 heterocycles. The molecule has 12 heteroatoms. The number of carbonyl (C=O) groups excluding carboxylic acids is 1. The van der Waals surface area contributed by atoms with E-state index in [1.807, 2.05) is 12.1 Å². The van der Waals surface area contributed by atoms with Crippen molar-refractivity contribution in [3.8, 4) is 28.5 Å². The third-order valence-electron chi connectivity index (χ3n) is 7.05. The predicted molar refractivity (Wildman–Crippen MR) is 133 cm³/mol. The van der Waals surface area contributed by atoms with Crippen LogP contribution in [0.15, 0.2) is 53.1 Å². The Balaban J connectivity index is 1.43. The predicted octanol–water partition coefficient (Wildman–Crippen LogP) is 5.03. The molecule has 2 aromatic carbocycles. The van der Waals surface area contributed by atoms with Crippen LogP contribution in [0.1, 0.15) is 30.1 Å². The maximum absolute atomic E-state index is 14.0. The Morgan fingerprint density at radius 3 is 2.72 bits per heavy atom. The minimum atomic E-state index is -4.61. The Labute approximate surface area is 221 Å². The van der Waals surface area contributed by atoms with Gasteiger partial charge in [0.25, 0.3) is 5.91 Å². The molecule has 1 atom stereocenters. The molecule has 9 nitrogen and oxygen atoms in total. The number of methoxy groups -OCH3 is 1. The van der Waals surface area contributed by atoms with Crippen molar-refractivity contribution in [2.24, 2.45) is 0 Å². The van der Waals surface area contributed by atoms with E-state index in [4.69, 9.17) is 13.9 Å². The molecule has 0 N–H and O–H groups in total. The molecule has 1 unspecified atom stereocenters.